The van der Waals surface area contributed by atoms with Gasteiger partial charge in [0.2, 0.25) is 11.1 Å². The zero-order valence-electron chi connectivity index (χ0n) is 15.8. The molecular weight excluding hydrogens is 356 g/mol. The van der Waals surface area contributed by atoms with Crippen molar-refractivity contribution >= 4 is 23.6 Å². The van der Waals surface area contributed by atoms with Crippen molar-refractivity contribution in [2.24, 2.45) is 0 Å². The number of likely N-dealkylation sites (N-methyl/N-ethyl adjacent to an activating group) is 1. The monoisotopic (exact) mass is 382 g/mol. The summed E-state index contributed by atoms with van der Waals surface area (Å²) in [4.78, 5) is 7.20. The third kappa shape index (κ3) is 2.62. The fourth-order valence-corrected chi connectivity index (χ4v) is 6.44. The Hall–Kier alpha value is -1.57. The van der Waals surface area contributed by atoms with Crippen LogP contribution in [0, 0.1) is 0 Å². The van der Waals surface area contributed by atoms with E-state index < -0.39 is 0 Å². The van der Waals surface area contributed by atoms with Crippen LogP contribution in [-0.4, -0.2) is 56.6 Å². The second-order valence-corrected chi connectivity index (χ2v) is 9.44. The van der Waals surface area contributed by atoms with E-state index in [9.17, 15) is 0 Å². The first-order chi connectivity index (χ1) is 13.3. The van der Waals surface area contributed by atoms with Crippen LogP contribution < -0.4 is 5.32 Å². The van der Waals surface area contributed by atoms with E-state index >= 15 is 0 Å². The number of rotatable bonds is 4. The Labute approximate surface area is 164 Å². The van der Waals surface area contributed by atoms with Crippen molar-refractivity contribution in [3.63, 3.8) is 0 Å². The Morgan fingerprint density at radius 1 is 1.11 bits per heavy atom. The van der Waals surface area contributed by atoms with Gasteiger partial charge in [0.25, 0.3) is 0 Å². The molecule has 2 aromatic rings. The van der Waals surface area contributed by atoms with Gasteiger partial charge >= 0.3 is 0 Å². The Balaban J connectivity index is 1.22. The van der Waals surface area contributed by atoms with Crippen molar-refractivity contribution < 1.29 is 0 Å². The van der Waals surface area contributed by atoms with Crippen molar-refractivity contribution in [3.8, 4) is 0 Å². The molecule has 2 atom stereocenters. The van der Waals surface area contributed by atoms with Crippen LogP contribution in [0.15, 0.2) is 11.2 Å². The summed E-state index contributed by atoms with van der Waals surface area (Å²) in [6.45, 7) is 2.29. The van der Waals surface area contributed by atoms with Crippen molar-refractivity contribution in [1.29, 1.82) is 0 Å². The van der Waals surface area contributed by atoms with Crippen LogP contribution in [0.3, 0.4) is 0 Å². The van der Waals surface area contributed by atoms with Crippen molar-refractivity contribution in [2.45, 2.75) is 62.2 Å². The minimum Gasteiger partial charge on any atom is -0.324 e. The Kier molecular flexibility index (Phi) is 3.78. The van der Waals surface area contributed by atoms with Crippen LogP contribution in [0.1, 0.15) is 41.5 Å². The van der Waals surface area contributed by atoms with Gasteiger partial charge in [0.1, 0.15) is 0 Å². The molecule has 1 aromatic heterocycles. The molecular formula is C20H26N6S. The van der Waals surface area contributed by atoms with Crippen LogP contribution in [-0.2, 0) is 25.7 Å². The van der Waals surface area contributed by atoms with Gasteiger partial charge in [-0.05, 0) is 74.2 Å². The fraction of sp³-hybridized carbons (Fsp3) is 0.600. The summed E-state index contributed by atoms with van der Waals surface area (Å²) in [6.07, 6.45) is 8.62. The first kappa shape index (κ1) is 16.4. The average molecular weight is 383 g/mol. The average Bonchev–Trinajstić information content (AvgIpc) is 3.41. The molecule has 0 radical (unpaired) electrons. The number of aromatic amines is 1. The van der Waals surface area contributed by atoms with Gasteiger partial charge < -0.3 is 10.2 Å². The number of likely N-dealkylation sites (tertiary alicyclic amines) is 1. The third-order valence-electron chi connectivity index (χ3n) is 6.88. The zero-order chi connectivity index (χ0) is 18.0. The lowest BCUT2D eigenvalue weighted by molar-refractivity contribution is 0.0810. The summed E-state index contributed by atoms with van der Waals surface area (Å²) in [5.74, 6) is 0.786. The molecule has 6 rings (SSSR count). The van der Waals surface area contributed by atoms with E-state index in [0.717, 1.165) is 30.2 Å². The molecule has 7 heteroatoms. The van der Waals surface area contributed by atoms with E-state index in [4.69, 9.17) is 4.98 Å². The summed E-state index contributed by atoms with van der Waals surface area (Å²) in [6, 6.07) is 3.86. The Bertz CT molecular complexity index is 861. The SMILES string of the molecule is CN1CC2[C@@H]1CCN2Sc1n[nH]c(Nc2c3c(cc4c2CCC4)CCC3)n1. The standard InChI is InChI=1S/C20H26N6S/c1-25-11-17-16(25)8-9-26(17)27-20-22-19(23-24-20)21-18-14-6-2-4-12(14)10-13-5-3-7-15(13)18/h10,16-17H,2-9,11H2,1H3,(H2,21,22,23,24)/t16-,17?/m0/s1. The highest BCUT2D eigenvalue weighted by Gasteiger charge is 2.45. The molecule has 2 N–H and O–H groups in total. The normalized spacial score (nSPS) is 26.7. The van der Waals surface area contributed by atoms with Crippen molar-refractivity contribution in [1.82, 2.24) is 24.4 Å². The molecule has 3 heterocycles. The first-order valence-corrected chi connectivity index (χ1v) is 11.0. The Morgan fingerprint density at radius 3 is 2.59 bits per heavy atom. The van der Waals surface area contributed by atoms with Gasteiger partial charge in [-0.2, -0.15) is 4.98 Å². The first-order valence-electron chi connectivity index (χ1n) is 10.3. The molecule has 0 saturated carbocycles. The number of hydrogen-bond acceptors (Lipinski definition) is 6. The topological polar surface area (TPSA) is 60.1 Å². The maximum atomic E-state index is 4.75. The second-order valence-electron chi connectivity index (χ2n) is 8.42. The van der Waals surface area contributed by atoms with Crippen LogP contribution in [0.25, 0.3) is 0 Å². The third-order valence-corrected chi connectivity index (χ3v) is 7.91. The molecule has 0 amide bonds. The minimum atomic E-state index is 0.663. The predicted octanol–water partition coefficient (Wildman–Crippen LogP) is 2.92. The van der Waals surface area contributed by atoms with E-state index in [2.05, 4.69) is 37.8 Å². The van der Waals surface area contributed by atoms with Crippen molar-refractivity contribution in [2.75, 3.05) is 25.5 Å². The van der Waals surface area contributed by atoms with E-state index in [1.165, 1.54) is 61.8 Å². The highest BCUT2D eigenvalue weighted by molar-refractivity contribution is 7.96. The lowest BCUT2D eigenvalue weighted by Crippen LogP contribution is -2.58. The van der Waals surface area contributed by atoms with Gasteiger partial charge in [-0.1, -0.05) is 6.07 Å². The van der Waals surface area contributed by atoms with E-state index in [-0.39, 0.29) is 0 Å². The molecule has 142 valence electrons. The van der Waals surface area contributed by atoms with Gasteiger partial charge in [0.15, 0.2) is 0 Å². The van der Waals surface area contributed by atoms with Crippen LogP contribution in [0.4, 0.5) is 11.6 Å². The number of aromatic nitrogens is 3. The molecule has 1 unspecified atom stereocenters. The lowest BCUT2D eigenvalue weighted by Gasteiger charge is -2.43. The van der Waals surface area contributed by atoms with Gasteiger partial charge in [-0.15, -0.1) is 5.10 Å². The van der Waals surface area contributed by atoms with Gasteiger partial charge in [0, 0.05) is 42.8 Å². The number of nitrogens with zero attached hydrogens (tertiary/aromatic N) is 4. The second kappa shape index (κ2) is 6.22. The molecule has 6 nitrogen and oxygen atoms in total. The maximum absolute atomic E-state index is 4.75. The molecule has 0 bridgehead atoms. The summed E-state index contributed by atoms with van der Waals surface area (Å²) in [5, 5.41) is 12.1. The lowest BCUT2D eigenvalue weighted by atomic mass is 9.99. The number of hydrogen-bond donors (Lipinski definition) is 2. The zero-order valence-corrected chi connectivity index (χ0v) is 16.6. The minimum absolute atomic E-state index is 0.663. The van der Waals surface area contributed by atoms with Crippen LogP contribution in [0.2, 0.25) is 0 Å². The highest BCUT2D eigenvalue weighted by Crippen LogP contribution is 2.40. The Morgan fingerprint density at radius 2 is 1.89 bits per heavy atom. The maximum Gasteiger partial charge on any atom is 0.225 e. The smallest absolute Gasteiger partial charge is 0.225 e. The van der Waals surface area contributed by atoms with Crippen molar-refractivity contribution in [3.05, 3.63) is 28.3 Å². The number of aryl methyl sites for hydroxylation is 2. The molecule has 0 spiro atoms. The van der Waals surface area contributed by atoms with Crippen LogP contribution in [0.5, 0.6) is 0 Å². The molecule has 2 aliphatic heterocycles. The fourth-order valence-electron chi connectivity index (χ4n) is 5.48. The van der Waals surface area contributed by atoms with Gasteiger partial charge in [-0.3, -0.25) is 0 Å². The number of benzene rings is 1. The molecule has 2 aliphatic carbocycles. The quantitative estimate of drug-likeness (QED) is 0.793. The molecule has 27 heavy (non-hydrogen) atoms. The summed E-state index contributed by atoms with van der Waals surface area (Å²) in [5.41, 5.74) is 7.45. The highest BCUT2D eigenvalue weighted by atomic mass is 32.2. The molecule has 2 fully saturated rings. The number of nitrogens with one attached hydrogen (secondary N) is 2. The van der Waals surface area contributed by atoms with E-state index in [1.54, 1.807) is 23.1 Å². The van der Waals surface area contributed by atoms with E-state index in [0.29, 0.717) is 6.04 Å². The molecule has 1 aromatic carbocycles. The predicted molar refractivity (Wildman–Crippen MR) is 108 cm³/mol. The van der Waals surface area contributed by atoms with Gasteiger partial charge in [0.05, 0.1) is 0 Å². The largest absolute Gasteiger partial charge is 0.324 e. The summed E-state index contributed by atoms with van der Waals surface area (Å²) in [7, 11) is 2.22. The van der Waals surface area contributed by atoms with Crippen LogP contribution >= 0.6 is 11.9 Å². The molecule has 2 saturated heterocycles. The number of fused-ring (bicyclic) bond motifs is 3. The van der Waals surface area contributed by atoms with E-state index in [1.807, 2.05) is 0 Å². The summed E-state index contributed by atoms with van der Waals surface area (Å²) < 4.78 is 2.47. The number of H-pyrrole nitrogens is 1. The summed E-state index contributed by atoms with van der Waals surface area (Å²) >= 11 is 1.71. The molecule has 4 aliphatic rings. The van der Waals surface area contributed by atoms with Gasteiger partial charge in [-0.25, -0.2) is 9.40 Å². The number of anilines is 2.